The molecule has 2 unspecified atom stereocenters. The number of aryl methyl sites for hydroxylation is 1. The van der Waals surface area contributed by atoms with Crippen LogP contribution in [-0.4, -0.2) is 44.2 Å². The molecular weight excluding hydrogens is 224 g/mol. The summed E-state index contributed by atoms with van der Waals surface area (Å²) in [6.07, 6.45) is 1.31. The van der Waals surface area contributed by atoms with E-state index in [-0.39, 0.29) is 6.10 Å². The molecule has 2 atom stereocenters. The molecule has 1 aliphatic heterocycles. The van der Waals surface area contributed by atoms with Crippen LogP contribution in [0.3, 0.4) is 0 Å². The lowest BCUT2D eigenvalue weighted by Gasteiger charge is -2.20. The third-order valence-corrected chi connectivity index (χ3v) is 3.29. The van der Waals surface area contributed by atoms with Crippen LogP contribution in [0.2, 0.25) is 0 Å². The molecule has 1 aliphatic rings. The van der Waals surface area contributed by atoms with Gasteiger partial charge in [-0.25, -0.2) is 0 Å². The molecule has 0 bridgehead atoms. The second kappa shape index (κ2) is 5.72. The molecular formula is C15H24N2O. The first kappa shape index (κ1) is 13.4. The molecule has 18 heavy (non-hydrogen) atoms. The lowest BCUT2D eigenvalue weighted by atomic mass is 10.1. The molecule has 0 aromatic heterocycles. The van der Waals surface area contributed by atoms with Gasteiger partial charge in [-0.1, -0.05) is 17.7 Å². The maximum absolute atomic E-state index is 5.94. The molecule has 3 nitrogen and oxygen atoms in total. The molecule has 0 saturated heterocycles. The van der Waals surface area contributed by atoms with Gasteiger partial charge in [-0.05, 0) is 39.6 Å². The summed E-state index contributed by atoms with van der Waals surface area (Å²) in [5, 5.41) is 3.54. The highest BCUT2D eigenvalue weighted by Crippen LogP contribution is 2.29. The number of ether oxygens (including phenoxy) is 1. The van der Waals surface area contributed by atoms with E-state index < -0.39 is 0 Å². The second-order valence-corrected chi connectivity index (χ2v) is 5.63. The largest absolute Gasteiger partial charge is 0.488 e. The van der Waals surface area contributed by atoms with Crippen molar-refractivity contribution in [2.24, 2.45) is 0 Å². The molecule has 100 valence electrons. The van der Waals surface area contributed by atoms with Crippen LogP contribution in [-0.2, 0) is 6.42 Å². The molecule has 0 spiro atoms. The Morgan fingerprint density at radius 3 is 2.94 bits per heavy atom. The topological polar surface area (TPSA) is 24.5 Å². The Labute approximate surface area is 110 Å². The Balaban J connectivity index is 1.81. The molecule has 0 amide bonds. The standard InChI is InChI=1S/C15H24N2O/c1-11-5-6-15-13(7-11)8-14(18-15)9-16-12(2)10-17(3)4/h5-7,12,14,16H,8-10H2,1-4H3. The van der Waals surface area contributed by atoms with Crippen LogP contribution in [0.15, 0.2) is 18.2 Å². The van der Waals surface area contributed by atoms with Crippen molar-refractivity contribution in [3.8, 4) is 5.75 Å². The average Bonchev–Trinajstić information content (AvgIpc) is 2.67. The van der Waals surface area contributed by atoms with Crippen LogP contribution < -0.4 is 10.1 Å². The van der Waals surface area contributed by atoms with Gasteiger partial charge in [-0.15, -0.1) is 0 Å². The first-order chi connectivity index (χ1) is 8.54. The number of rotatable bonds is 5. The summed E-state index contributed by atoms with van der Waals surface area (Å²) in [5.41, 5.74) is 2.66. The van der Waals surface area contributed by atoms with Gasteiger partial charge in [0.15, 0.2) is 0 Å². The number of hydrogen-bond donors (Lipinski definition) is 1. The Morgan fingerprint density at radius 2 is 2.22 bits per heavy atom. The molecule has 0 saturated carbocycles. The second-order valence-electron chi connectivity index (χ2n) is 5.63. The highest BCUT2D eigenvalue weighted by molar-refractivity contribution is 5.40. The lowest BCUT2D eigenvalue weighted by molar-refractivity contribution is 0.217. The molecule has 2 rings (SSSR count). The van der Waals surface area contributed by atoms with Crippen molar-refractivity contribution < 1.29 is 4.74 Å². The summed E-state index contributed by atoms with van der Waals surface area (Å²) in [6.45, 7) is 6.32. The number of likely N-dealkylation sites (N-methyl/N-ethyl adjacent to an activating group) is 1. The highest BCUT2D eigenvalue weighted by Gasteiger charge is 2.22. The maximum atomic E-state index is 5.94. The van der Waals surface area contributed by atoms with E-state index in [1.807, 2.05) is 0 Å². The third kappa shape index (κ3) is 3.47. The highest BCUT2D eigenvalue weighted by atomic mass is 16.5. The third-order valence-electron chi connectivity index (χ3n) is 3.29. The zero-order valence-electron chi connectivity index (χ0n) is 11.9. The van der Waals surface area contributed by atoms with Crippen molar-refractivity contribution >= 4 is 0 Å². The minimum atomic E-state index is 0.284. The summed E-state index contributed by atoms with van der Waals surface area (Å²) in [6, 6.07) is 6.93. The molecule has 0 fully saturated rings. The predicted octanol–water partition coefficient (Wildman–Crippen LogP) is 1.84. The monoisotopic (exact) mass is 248 g/mol. The maximum Gasteiger partial charge on any atom is 0.123 e. The number of hydrogen-bond acceptors (Lipinski definition) is 3. The molecule has 1 heterocycles. The van der Waals surface area contributed by atoms with E-state index in [0.29, 0.717) is 6.04 Å². The van der Waals surface area contributed by atoms with Crippen molar-refractivity contribution in [1.82, 2.24) is 10.2 Å². The van der Waals surface area contributed by atoms with Crippen molar-refractivity contribution in [3.63, 3.8) is 0 Å². The van der Waals surface area contributed by atoms with Crippen LogP contribution >= 0.6 is 0 Å². The van der Waals surface area contributed by atoms with Crippen LogP contribution in [0.1, 0.15) is 18.1 Å². The summed E-state index contributed by atoms with van der Waals surface area (Å²) in [7, 11) is 4.20. The van der Waals surface area contributed by atoms with Gasteiger partial charge in [0.2, 0.25) is 0 Å². The van der Waals surface area contributed by atoms with Crippen LogP contribution in [0, 0.1) is 6.92 Å². The van der Waals surface area contributed by atoms with Crippen molar-refractivity contribution in [1.29, 1.82) is 0 Å². The minimum absolute atomic E-state index is 0.284. The fourth-order valence-electron chi connectivity index (χ4n) is 2.51. The molecule has 3 heteroatoms. The smallest absolute Gasteiger partial charge is 0.123 e. The summed E-state index contributed by atoms with van der Waals surface area (Å²) < 4.78 is 5.94. The van der Waals surface area contributed by atoms with Gasteiger partial charge >= 0.3 is 0 Å². The van der Waals surface area contributed by atoms with Crippen LogP contribution in [0.4, 0.5) is 0 Å². The van der Waals surface area contributed by atoms with Crippen LogP contribution in [0.25, 0.3) is 0 Å². The fraction of sp³-hybridized carbons (Fsp3) is 0.600. The quantitative estimate of drug-likeness (QED) is 0.860. The van der Waals surface area contributed by atoms with Gasteiger partial charge in [0.1, 0.15) is 11.9 Å². The molecule has 0 aliphatic carbocycles. The van der Waals surface area contributed by atoms with Gasteiger partial charge in [0, 0.05) is 25.6 Å². The van der Waals surface area contributed by atoms with E-state index in [1.54, 1.807) is 0 Å². The summed E-state index contributed by atoms with van der Waals surface area (Å²) in [4.78, 5) is 2.20. The molecule has 1 aromatic carbocycles. The number of nitrogens with one attached hydrogen (secondary N) is 1. The van der Waals surface area contributed by atoms with E-state index in [9.17, 15) is 0 Å². The SMILES string of the molecule is Cc1ccc2c(c1)CC(CNC(C)CN(C)C)O2. The first-order valence-corrected chi connectivity index (χ1v) is 6.69. The Bertz CT molecular complexity index is 403. The van der Waals surface area contributed by atoms with E-state index in [2.05, 4.69) is 56.4 Å². The van der Waals surface area contributed by atoms with E-state index in [4.69, 9.17) is 4.74 Å². The zero-order valence-corrected chi connectivity index (χ0v) is 11.9. The van der Waals surface area contributed by atoms with E-state index in [1.165, 1.54) is 11.1 Å². The van der Waals surface area contributed by atoms with E-state index >= 15 is 0 Å². The Morgan fingerprint density at radius 1 is 1.44 bits per heavy atom. The van der Waals surface area contributed by atoms with Gasteiger partial charge in [0.05, 0.1) is 0 Å². The van der Waals surface area contributed by atoms with Crippen molar-refractivity contribution in [2.75, 3.05) is 27.2 Å². The normalized spacial score (nSPS) is 19.7. The number of nitrogens with zero attached hydrogens (tertiary/aromatic N) is 1. The number of fused-ring (bicyclic) bond motifs is 1. The molecule has 0 radical (unpaired) electrons. The van der Waals surface area contributed by atoms with Gasteiger partial charge < -0.3 is 15.0 Å². The average molecular weight is 248 g/mol. The predicted molar refractivity (Wildman–Crippen MR) is 75.3 cm³/mol. The van der Waals surface area contributed by atoms with Gasteiger partial charge in [0.25, 0.3) is 0 Å². The number of benzene rings is 1. The molecule has 1 N–H and O–H groups in total. The lowest BCUT2D eigenvalue weighted by Crippen LogP contribution is -2.41. The van der Waals surface area contributed by atoms with E-state index in [0.717, 1.165) is 25.3 Å². The fourth-order valence-corrected chi connectivity index (χ4v) is 2.51. The van der Waals surface area contributed by atoms with Gasteiger partial charge in [-0.3, -0.25) is 0 Å². The summed E-state index contributed by atoms with van der Waals surface area (Å²) in [5.74, 6) is 1.06. The van der Waals surface area contributed by atoms with Crippen molar-refractivity contribution in [2.45, 2.75) is 32.4 Å². The van der Waals surface area contributed by atoms with Crippen LogP contribution in [0.5, 0.6) is 5.75 Å². The Hall–Kier alpha value is -1.06. The zero-order chi connectivity index (χ0) is 13.1. The van der Waals surface area contributed by atoms with Crippen molar-refractivity contribution in [3.05, 3.63) is 29.3 Å². The Kier molecular flexibility index (Phi) is 4.25. The summed E-state index contributed by atoms with van der Waals surface area (Å²) >= 11 is 0. The molecule has 1 aromatic rings. The minimum Gasteiger partial charge on any atom is -0.488 e. The van der Waals surface area contributed by atoms with Gasteiger partial charge in [-0.2, -0.15) is 0 Å². The first-order valence-electron chi connectivity index (χ1n) is 6.69.